The second kappa shape index (κ2) is 4.26. The highest BCUT2D eigenvalue weighted by Gasteiger charge is 2.25. The topological polar surface area (TPSA) is 26.3 Å². The van der Waals surface area contributed by atoms with Crippen LogP contribution in [0.5, 0.6) is 0 Å². The molecule has 0 radical (unpaired) electrons. The van der Waals surface area contributed by atoms with Crippen LogP contribution in [0.3, 0.4) is 0 Å². The Balaban J connectivity index is 3.87. The van der Waals surface area contributed by atoms with Gasteiger partial charge >= 0.3 is 5.97 Å². The molecule has 0 spiro atoms. The Labute approximate surface area is 77.5 Å². The summed E-state index contributed by atoms with van der Waals surface area (Å²) >= 11 is 3.05. The highest BCUT2D eigenvalue weighted by Crippen LogP contribution is 2.11. The van der Waals surface area contributed by atoms with Crippen molar-refractivity contribution in [2.24, 2.45) is 0 Å². The lowest BCUT2D eigenvalue weighted by atomic mass is 10.8. The zero-order valence-electron chi connectivity index (χ0n) is 7.48. The fourth-order valence-electron chi connectivity index (χ4n) is 0.405. The van der Waals surface area contributed by atoms with Gasteiger partial charge in [-0.3, -0.25) is 4.79 Å². The Hall–Kier alpha value is 0.167. The van der Waals surface area contributed by atoms with Gasteiger partial charge in [-0.2, -0.15) is 0 Å². The number of alkyl halides is 1. The van der Waals surface area contributed by atoms with Gasteiger partial charge in [0.15, 0.2) is 0 Å². The van der Waals surface area contributed by atoms with E-state index in [0.29, 0.717) is 5.33 Å². The second-order valence-corrected chi connectivity index (χ2v) is 9.74. The third kappa shape index (κ3) is 4.58. The molecule has 0 aromatic heterocycles. The molecule has 1 unspecified atom stereocenters. The highest BCUT2D eigenvalue weighted by molar-refractivity contribution is 9.09. The Morgan fingerprint density at radius 2 is 2.00 bits per heavy atom. The maximum Gasteiger partial charge on any atom is 0.316 e. The van der Waals surface area contributed by atoms with Crippen molar-refractivity contribution >= 4 is 30.0 Å². The lowest BCUT2D eigenvalue weighted by Crippen LogP contribution is -2.39. The van der Waals surface area contributed by atoms with Crippen LogP contribution in [0.4, 0.5) is 0 Å². The molecular weight excluding hydrogens is 224 g/mol. The van der Waals surface area contributed by atoms with E-state index in [0.717, 1.165) is 0 Å². The smallest absolute Gasteiger partial charge is 0.316 e. The maximum atomic E-state index is 10.8. The van der Waals surface area contributed by atoms with Crippen molar-refractivity contribution in [3.8, 4) is 0 Å². The monoisotopic (exact) mass is 238 g/mol. The van der Waals surface area contributed by atoms with Crippen molar-refractivity contribution in [1.29, 1.82) is 0 Å². The first kappa shape index (κ1) is 11.2. The zero-order chi connectivity index (χ0) is 9.07. The standard InChI is InChI=1S/C7H15BrO2Si/c1-6(11(2,3)4)10-7(9)5-8/h6H,5H2,1-4H3. The Morgan fingerprint density at radius 3 is 2.27 bits per heavy atom. The summed E-state index contributed by atoms with van der Waals surface area (Å²) in [5.41, 5.74) is 0.104. The van der Waals surface area contributed by atoms with Crippen LogP contribution in [-0.4, -0.2) is 25.1 Å². The molecule has 0 rings (SSSR count). The number of carbonyl (C=O) groups excluding carboxylic acids is 1. The first-order valence-electron chi connectivity index (χ1n) is 3.63. The minimum Gasteiger partial charge on any atom is -0.466 e. The van der Waals surface area contributed by atoms with Gasteiger partial charge in [-0.05, 0) is 6.92 Å². The van der Waals surface area contributed by atoms with E-state index in [1.165, 1.54) is 0 Å². The molecule has 0 aromatic rings. The van der Waals surface area contributed by atoms with Crippen molar-refractivity contribution in [2.45, 2.75) is 32.3 Å². The van der Waals surface area contributed by atoms with Crippen LogP contribution in [0.15, 0.2) is 0 Å². The first-order chi connectivity index (χ1) is 4.88. The van der Waals surface area contributed by atoms with Gasteiger partial charge in [-0.15, -0.1) is 0 Å². The number of carbonyl (C=O) groups is 1. The first-order valence-corrected chi connectivity index (χ1v) is 8.33. The normalized spacial score (nSPS) is 14.3. The molecule has 0 amide bonds. The van der Waals surface area contributed by atoms with Crippen LogP contribution in [0.1, 0.15) is 6.92 Å². The molecular formula is C7H15BrO2Si. The molecule has 0 fully saturated rings. The van der Waals surface area contributed by atoms with Gasteiger partial charge in [0.1, 0.15) is 5.33 Å². The van der Waals surface area contributed by atoms with Gasteiger partial charge in [0.2, 0.25) is 0 Å². The number of ether oxygens (including phenoxy) is 1. The van der Waals surface area contributed by atoms with Crippen molar-refractivity contribution < 1.29 is 9.53 Å². The Morgan fingerprint density at radius 1 is 1.55 bits per heavy atom. The molecule has 0 saturated heterocycles. The summed E-state index contributed by atoms with van der Waals surface area (Å²) in [5, 5.41) is 0.293. The molecule has 0 N–H and O–H groups in total. The van der Waals surface area contributed by atoms with E-state index in [2.05, 4.69) is 35.6 Å². The number of halogens is 1. The lowest BCUT2D eigenvalue weighted by Gasteiger charge is -2.24. The third-order valence-electron chi connectivity index (χ3n) is 1.64. The van der Waals surface area contributed by atoms with Crippen molar-refractivity contribution in [1.82, 2.24) is 0 Å². The van der Waals surface area contributed by atoms with E-state index in [1.807, 2.05) is 6.92 Å². The van der Waals surface area contributed by atoms with Crippen LogP contribution < -0.4 is 0 Å². The molecule has 66 valence electrons. The average molecular weight is 239 g/mol. The summed E-state index contributed by atoms with van der Waals surface area (Å²) in [6.45, 7) is 8.50. The molecule has 0 aromatic carbocycles. The molecule has 0 bridgehead atoms. The summed E-state index contributed by atoms with van der Waals surface area (Å²) in [5.74, 6) is -0.167. The molecule has 0 aliphatic carbocycles. The third-order valence-corrected chi connectivity index (χ3v) is 4.65. The summed E-state index contributed by atoms with van der Waals surface area (Å²) in [7, 11) is -1.30. The number of rotatable bonds is 3. The number of esters is 1. The molecule has 0 aliphatic heterocycles. The van der Waals surface area contributed by atoms with E-state index in [1.54, 1.807) is 0 Å². The van der Waals surface area contributed by atoms with E-state index >= 15 is 0 Å². The van der Waals surface area contributed by atoms with E-state index in [4.69, 9.17) is 4.74 Å². The van der Waals surface area contributed by atoms with Crippen LogP contribution in [0, 0.1) is 0 Å². The molecule has 2 nitrogen and oxygen atoms in total. The van der Waals surface area contributed by atoms with Crippen LogP contribution in [-0.2, 0) is 9.53 Å². The molecule has 11 heavy (non-hydrogen) atoms. The van der Waals surface area contributed by atoms with Gasteiger partial charge in [0.25, 0.3) is 0 Å². The fraction of sp³-hybridized carbons (Fsp3) is 0.857. The highest BCUT2D eigenvalue weighted by atomic mass is 79.9. The number of hydrogen-bond donors (Lipinski definition) is 0. The van der Waals surface area contributed by atoms with Gasteiger partial charge < -0.3 is 4.74 Å². The molecule has 1 atom stereocenters. The number of hydrogen-bond acceptors (Lipinski definition) is 2. The predicted molar refractivity (Wildman–Crippen MR) is 52.7 cm³/mol. The summed E-state index contributed by atoms with van der Waals surface area (Å²) < 4.78 is 5.14. The molecule has 0 heterocycles. The van der Waals surface area contributed by atoms with Gasteiger partial charge in [-0.1, -0.05) is 35.6 Å². The van der Waals surface area contributed by atoms with E-state index in [9.17, 15) is 4.79 Å². The minimum absolute atomic E-state index is 0.104. The summed E-state index contributed by atoms with van der Waals surface area (Å²) in [4.78, 5) is 10.8. The van der Waals surface area contributed by atoms with Crippen LogP contribution in [0.25, 0.3) is 0 Å². The fourth-order valence-corrected chi connectivity index (χ4v) is 1.02. The summed E-state index contributed by atoms with van der Waals surface area (Å²) in [6.07, 6.45) is 0. The van der Waals surface area contributed by atoms with Gasteiger partial charge in [0.05, 0.1) is 13.8 Å². The van der Waals surface area contributed by atoms with E-state index < -0.39 is 8.07 Å². The average Bonchev–Trinajstić information content (AvgIpc) is 1.85. The van der Waals surface area contributed by atoms with Crippen LogP contribution in [0.2, 0.25) is 19.6 Å². The molecule has 0 saturated carbocycles. The van der Waals surface area contributed by atoms with Crippen molar-refractivity contribution in [3.05, 3.63) is 0 Å². The Kier molecular flexibility index (Phi) is 4.32. The second-order valence-electron chi connectivity index (χ2n) is 3.63. The van der Waals surface area contributed by atoms with Crippen LogP contribution >= 0.6 is 15.9 Å². The quantitative estimate of drug-likeness (QED) is 0.428. The predicted octanol–water partition coefficient (Wildman–Crippen LogP) is 2.19. The molecule has 0 aliphatic rings. The van der Waals surface area contributed by atoms with Gasteiger partial charge in [0, 0.05) is 0 Å². The summed E-state index contributed by atoms with van der Waals surface area (Å²) in [6, 6.07) is 0. The Bertz CT molecular complexity index is 142. The van der Waals surface area contributed by atoms with Crippen molar-refractivity contribution in [2.75, 3.05) is 5.33 Å². The van der Waals surface area contributed by atoms with Gasteiger partial charge in [-0.25, -0.2) is 0 Å². The van der Waals surface area contributed by atoms with Crippen molar-refractivity contribution in [3.63, 3.8) is 0 Å². The lowest BCUT2D eigenvalue weighted by molar-refractivity contribution is -0.141. The SMILES string of the molecule is CC(OC(=O)CBr)[Si](C)(C)C. The largest absolute Gasteiger partial charge is 0.466 e. The maximum absolute atomic E-state index is 10.8. The zero-order valence-corrected chi connectivity index (χ0v) is 10.1. The molecule has 4 heteroatoms. The van der Waals surface area contributed by atoms with E-state index in [-0.39, 0.29) is 11.7 Å². The minimum atomic E-state index is -1.30.